The van der Waals surface area contributed by atoms with Crippen LogP contribution in [-0.4, -0.2) is 56.8 Å². The van der Waals surface area contributed by atoms with Gasteiger partial charge in [-0.1, -0.05) is 32.0 Å². The van der Waals surface area contributed by atoms with Crippen LogP contribution in [-0.2, 0) is 10.2 Å². The van der Waals surface area contributed by atoms with Gasteiger partial charge in [-0.15, -0.1) is 24.0 Å². The molecule has 0 saturated carbocycles. The van der Waals surface area contributed by atoms with Gasteiger partial charge in [0.05, 0.1) is 19.8 Å². The molecule has 1 fully saturated rings. The fourth-order valence-corrected chi connectivity index (χ4v) is 2.78. The van der Waals surface area contributed by atoms with Crippen LogP contribution in [0.1, 0.15) is 25.8 Å². The summed E-state index contributed by atoms with van der Waals surface area (Å²) >= 11 is 0. The first kappa shape index (κ1) is 22.1. The quantitative estimate of drug-likeness (QED) is 0.282. The second-order valence-corrected chi connectivity index (χ2v) is 6.80. The van der Waals surface area contributed by atoms with Gasteiger partial charge in [-0.2, -0.15) is 0 Å². The molecule has 1 saturated heterocycles. The average molecular weight is 464 g/mol. The molecule has 1 aliphatic heterocycles. The Hall–Kier alpha value is -0.930. The Morgan fingerprint density at radius 2 is 2.00 bits per heavy atom. The van der Waals surface area contributed by atoms with Gasteiger partial charge in [0.2, 0.25) is 0 Å². The van der Waals surface area contributed by atoms with Crippen LogP contribution < -0.4 is 11.1 Å². The second-order valence-electron chi connectivity index (χ2n) is 6.80. The highest BCUT2D eigenvalue weighted by molar-refractivity contribution is 14.0. The predicted molar refractivity (Wildman–Crippen MR) is 111 cm³/mol. The fourth-order valence-electron chi connectivity index (χ4n) is 2.78. The number of nitrogens with zero attached hydrogens (tertiary/aromatic N) is 2. The van der Waals surface area contributed by atoms with Crippen LogP contribution in [0.3, 0.4) is 0 Å². The third-order valence-corrected chi connectivity index (χ3v) is 4.31. The Morgan fingerprint density at radius 1 is 1.32 bits per heavy atom. The second kappa shape index (κ2) is 10.9. The molecule has 142 valence electrons. The van der Waals surface area contributed by atoms with E-state index in [0.717, 1.165) is 45.8 Å². The highest BCUT2D eigenvalue weighted by Gasteiger charge is 2.23. The van der Waals surface area contributed by atoms with Gasteiger partial charge in [-0.25, -0.2) is 4.39 Å². The number of nitrogens with one attached hydrogen (secondary N) is 1. The number of hydrogen-bond donors (Lipinski definition) is 2. The molecule has 3 N–H and O–H groups in total. The third kappa shape index (κ3) is 7.45. The average Bonchev–Trinajstić information content (AvgIpc) is 2.58. The lowest BCUT2D eigenvalue weighted by Crippen LogP contribution is -2.39. The first-order valence-electron chi connectivity index (χ1n) is 8.58. The van der Waals surface area contributed by atoms with Gasteiger partial charge in [0.1, 0.15) is 5.82 Å². The standard InChI is InChI=1S/C18H29FN4O.HI/c1-18(2,15-6-3-4-7-16(15)19)14-22-17(20)21-8-5-9-23-10-12-24-13-11-23;/h3-4,6-7H,5,8-14H2,1-2H3,(H3,20,21,22);1H. The highest BCUT2D eigenvalue weighted by atomic mass is 127. The maximum Gasteiger partial charge on any atom is 0.188 e. The molecule has 1 aromatic rings. The third-order valence-electron chi connectivity index (χ3n) is 4.31. The summed E-state index contributed by atoms with van der Waals surface area (Å²) in [6.45, 7) is 9.85. The number of ether oxygens (including phenoxy) is 1. The van der Waals surface area contributed by atoms with Gasteiger partial charge >= 0.3 is 0 Å². The molecule has 0 aliphatic carbocycles. The number of nitrogens with two attached hydrogens (primary N) is 1. The van der Waals surface area contributed by atoms with Crippen molar-refractivity contribution in [3.63, 3.8) is 0 Å². The van der Waals surface area contributed by atoms with Crippen LogP contribution in [0.5, 0.6) is 0 Å². The number of aliphatic imine (C=N–C) groups is 1. The normalized spacial score (nSPS) is 16.4. The first-order valence-corrected chi connectivity index (χ1v) is 8.58. The molecular weight excluding hydrogens is 434 g/mol. The van der Waals surface area contributed by atoms with Crippen LogP contribution >= 0.6 is 24.0 Å². The van der Waals surface area contributed by atoms with Gasteiger partial charge < -0.3 is 15.8 Å². The lowest BCUT2D eigenvalue weighted by molar-refractivity contribution is 0.0376. The number of benzene rings is 1. The van der Waals surface area contributed by atoms with Crippen LogP contribution in [0.2, 0.25) is 0 Å². The number of hydrogen-bond acceptors (Lipinski definition) is 3. The van der Waals surface area contributed by atoms with Crippen molar-refractivity contribution in [1.29, 1.82) is 0 Å². The van der Waals surface area contributed by atoms with Crippen molar-refractivity contribution >= 4 is 29.9 Å². The van der Waals surface area contributed by atoms with Gasteiger partial charge in [-0.05, 0) is 24.6 Å². The Morgan fingerprint density at radius 3 is 2.68 bits per heavy atom. The lowest BCUT2D eigenvalue weighted by Gasteiger charge is -2.26. The van der Waals surface area contributed by atoms with Gasteiger partial charge in [-0.3, -0.25) is 9.89 Å². The summed E-state index contributed by atoms with van der Waals surface area (Å²) in [6, 6.07) is 6.82. The minimum atomic E-state index is -0.397. The molecule has 0 unspecified atom stereocenters. The molecule has 7 heteroatoms. The largest absolute Gasteiger partial charge is 0.379 e. The van der Waals surface area contributed by atoms with E-state index in [2.05, 4.69) is 15.2 Å². The molecule has 0 spiro atoms. The fraction of sp³-hybridized carbons (Fsp3) is 0.611. The van der Waals surface area contributed by atoms with Crippen molar-refractivity contribution in [3.8, 4) is 0 Å². The Balaban J connectivity index is 0.00000312. The van der Waals surface area contributed by atoms with Crippen molar-refractivity contribution in [2.24, 2.45) is 10.7 Å². The predicted octanol–water partition coefficient (Wildman–Crippen LogP) is 2.35. The highest BCUT2D eigenvalue weighted by Crippen LogP contribution is 2.25. The molecule has 0 amide bonds. The molecule has 0 atom stereocenters. The summed E-state index contributed by atoms with van der Waals surface area (Å²) in [4.78, 5) is 6.77. The van der Waals surface area contributed by atoms with E-state index in [-0.39, 0.29) is 29.8 Å². The van der Waals surface area contributed by atoms with Crippen LogP contribution in [0, 0.1) is 5.82 Å². The van der Waals surface area contributed by atoms with Crippen molar-refractivity contribution < 1.29 is 9.13 Å². The van der Waals surface area contributed by atoms with E-state index in [1.54, 1.807) is 12.1 Å². The van der Waals surface area contributed by atoms with Crippen LogP contribution in [0.25, 0.3) is 0 Å². The van der Waals surface area contributed by atoms with E-state index >= 15 is 0 Å². The van der Waals surface area contributed by atoms with Gasteiger partial charge in [0, 0.05) is 25.0 Å². The van der Waals surface area contributed by atoms with Crippen molar-refractivity contribution in [2.45, 2.75) is 25.7 Å². The van der Waals surface area contributed by atoms with E-state index in [1.165, 1.54) is 6.07 Å². The minimum absolute atomic E-state index is 0. The number of halogens is 2. The topological polar surface area (TPSA) is 62.9 Å². The van der Waals surface area contributed by atoms with E-state index in [9.17, 15) is 4.39 Å². The van der Waals surface area contributed by atoms with Crippen LogP contribution in [0.15, 0.2) is 29.3 Å². The molecule has 1 aromatic carbocycles. The van der Waals surface area contributed by atoms with E-state index in [4.69, 9.17) is 10.5 Å². The zero-order chi connectivity index (χ0) is 17.4. The van der Waals surface area contributed by atoms with E-state index in [0.29, 0.717) is 18.1 Å². The maximum absolute atomic E-state index is 13.9. The SMILES string of the molecule is CC(C)(CN=C(N)NCCCN1CCOCC1)c1ccccc1F.I. The molecule has 25 heavy (non-hydrogen) atoms. The summed E-state index contributed by atoms with van der Waals surface area (Å²) in [5.41, 5.74) is 6.19. The smallest absolute Gasteiger partial charge is 0.188 e. The Kier molecular flexibility index (Phi) is 9.66. The van der Waals surface area contributed by atoms with Crippen molar-refractivity contribution in [1.82, 2.24) is 10.2 Å². The van der Waals surface area contributed by atoms with E-state index < -0.39 is 5.41 Å². The molecule has 1 heterocycles. The first-order chi connectivity index (χ1) is 11.5. The number of rotatable bonds is 7. The van der Waals surface area contributed by atoms with Gasteiger partial charge in [0.15, 0.2) is 5.96 Å². The molecule has 0 bridgehead atoms. The molecule has 0 aromatic heterocycles. The zero-order valence-corrected chi connectivity index (χ0v) is 17.5. The van der Waals surface area contributed by atoms with Crippen molar-refractivity contribution in [2.75, 3.05) is 45.9 Å². The summed E-state index contributed by atoms with van der Waals surface area (Å²) < 4.78 is 19.3. The summed E-state index contributed by atoms with van der Waals surface area (Å²) in [7, 11) is 0. The molecular formula is C18H30FIN4O. The maximum atomic E-state index is 13.9. The summed E-state index contributed by atoms with van der Waals surface area (Å²) in [5.74, 6) is 0.219. The van der Waals surface area contributed by atoms with Gasteiger partial charge in [0.25, 0.3) is 0 Å². The van der Waals surface area contributed by atoms with E-state index in [1.807, 2.05) is 19.9 Å². The molecule has 1 aliphatic rings. The lowest BCUT2D eigenvalue weighted by atomic mass is 9.84. The number of morpholine rings is 1. The monoisotopic (exact) mass is 464 g/mol. The molecule has 0 radical (unpaired) electrons. The Bertz CT molecular complexity index is 548. The Labute approximate surface area is 167 Å². The molecule has 5 nitrogen and oxygen atoms in total. The summed E-state index contributed by atoms with van der Waals surface area (Å²) in [5, 5.41) is 3.14. The number of guanidine groups is 1. The summed E-state index contributed by atoms with van der Waals surface area (Å²) in [6.07, 6.45) is 1.01. The van der Waals surface area contributed by atoms with Crippen LogP contribution in [0.4, 0.5) is 4.39 Å². The van der Waals surface area contributed by atoms with Crippen molar-refractivity contribution in [3.05, 3.63) is 35.6 Å². The molecule has 2 rings (SSSR count). The minimum Gasteiger partial charge on any atom is -0.379 e. The zero-order valence-electron chi connectivity index (χ0n) is 15.1.